The summed E-state index contributed by atoms with van der Waals surface area (Å²) in [7, 11) is 0. The van der Waals surface area contributed by atoms with Crippen molar-refractivity contribution in [1.29, 1.82) is 0 Å². The van der Waals surface area contributed by atoms with E-state index in [1.165, 1.54) is 43.1 Å². The molecule has 0 bridgehead atoms. The highest BCUT2D eigenvalue weighted by molar-refractivity contribution is 7.26. The van der Waals surface area contributed by atoms with Gasteiger partial charge in [0.25, 0.3) is 0 Å². The van der Waals surface area contributed by atoms with E-state index in [0.29, 0.717) is 23.2 Å². The summed E-state index contributed by atoms with van der Waals surface area (Å²) in [5.41, 5.74) is 8.07. The maximum Gasteiger partial charge on any atom is 0.237 e. The number of nitrogens with zero attached hydrogens (tertiary/aromatic N) is 7. The summed E-state index contributed by atoms with van der Waals surface area (Å²) in [6.45, 7) is 9.06. The molecule has 11 aromatic rings. The molecule has 1 aliphatic rings. The maximum absolute atomic E-state index is 14.2. The molecule has 0 unspecified atom stereocenters. The van der Waals surface area contributed by atoms with E-state index in [-0.39, 0.29) is 5.82 Å². The molecule has 7 aromatic carbocycles. The number of fused-ring (bicyclic) bond motifs is 10. The molecule has 9 heteroatoms. The van der Waals surface area contributed by atoms with Crippen LogP contribution in [0, 0.1) is 5.82 Å². The van der Waals surface area contributed by atoms with Gasteiger partial charge in [-0.25, -0.2) is 14.4 Å². The summed E-state index contributed by atoms with van der Waals surface area (Å²) in [5, 5.41) is 4.79. The van der Waals surface area contributed by atoms with Crippen LogP contribution in [0.3, 0.4) is 0 Å². The maximum atomic E-state index is 14.2. The zero-order valence-electron chi connectivity index (χ0n) is 33.9. The first kappa shape index (κ1) is 35.7. The van der Waals surface area contributed by atoms with Gasteiger partial charge in [0, 0.05) is 48.6 Å². The van der Waals surface area contributed by atoms with Crippen molar-refractivity contribution in [3.8, 4) is 39.6 Å². The minimum Gasteiger partial charge on any atom is -0.309 e. The normalized spacial score (nSPS) is 14.5. The van der Waals surface area contributed by atoms with Gasteiger partial charge in [-0.1, -0.05) is 97.1 Å². The third kappa shape index (κ3) is 5.07. The average molecular weight is 812 g/mol. The summed E-state index contributed by atoms with van der Waals surface area (Å²) in [6, 6.07) is 53.3. The fourth-order valence-electron chi connectivity index (χ4n) is 9.43. The number of aromatic nitrogens is 6. The Morgan fingerprint density at radius 3 is 1.93 bits per heavy atom. The lowest BCUT2D eigenvalue weighted by Gasteiger charge is -2.40. The highest BCUT2D eigenvalue weighted by atomic mass is 32.1. The molecule has 0 N–H and O–H groups in total. The van der Waals surface area contributed by atoms with Crippen LogP contribution in [0.15, 0.2) is 158 Å². The van der Waals surface area contributed by atoms with Gasteiger partial charge in [-0.15, -0.1) is 11.3 Å². The van der Waals surface area contributed by atoms with E-state index in [1.54, 1.807) is 12.1 Å². The van der Waals surface area contributed by atoms with Gasteiger partial charge in [0.2, 0.25) is 11.9 Å². The highest BCUT2D eigenvalue weighted by Gasteiger charge is 2.55. The van der Waals surface area contributed by atoms with Gasteiger partial charge >= 0.3 is 0 Å². The minimum absolute atomic E-state index is 0.318. The van der Waals surface area contributed by atoms with Crippen LogP contribution in [0.25, 0.3) is 92.6 Å². The first-order valence-corrected chi connectivity index (χ1v) is 21.3. The molecular weight excluding hydrogens is 774 g/mol. The largest absolute Gasteiger partial charge is 0.309 e. The number of benzene rings is 7. The Balaban J connectivity index is 1.19. The number of rotatable bonds is 5. The summed E-state index contributed by atoms with van der Waals surface area (Å²) in [4.78, 5) is 23.3. The highest BCUT2D eigenvalue weighted by Crippen LogP contribution is 2.55. The van der Waals surface area contributed by atoms with E-state index in [0.717, 1.165) is 50.4 Å². The Bertz CT molecular complexity index is 3550. The smallest absolute Gasteiger partial charge is 0.237 e. The van der Waals surface area contributed by atoms with Crippen molar-refractivity contribution < 1.29 is 4.39 Å². The van der Waals surface area contributed by atoms with Crippen LogP contribution in [0.2, 0.25) is 0 Å². The Labute approximate surface area is 355 Å². The molecule has 0 fully saturated rings. The lowest BCUT2D eigenvalue weighted by molar-refractivity contribution is 0.252. The Morgan fingerprint density at radius 1 is 0.541 bits per heavy atom. The molecule has 5 heterocycles. The summed E-state index contributed by atoms with van der Waals surface area (Å²) in [6.07, 6.45) is 0. The predicted octanol–water partition coefficient (Wildman–Crippen LogP) is 13.5. The van der Waals surface area contributed by atoms with Crippen molar-refractivity contribution in [2.75, 3.05) is 4.90 Å². The van der Waals surface area contributed by atoms with Crippen LogP contribution in [0.4, 0.5) is 16.3 Å². The van der Waals surface area contributed by atoms with Crippen LogP contribution in [-0.4, -0.2) is 34.6 Å². The standard InChI is InChI=1S/C52H38FN7S/c1-51(2)52(3,4)60(49-56-47(31-16-7-5-8-17-31)55-48(57-49)32-26-28-33(53)29-27-32)50-54-44-38(30-39-35-20-12-14-25-42(35)61-46(39)45(44)59(50)51)36-22-15-24-41-43(36)37-21-11-13-23-40(37)58(41)34-18-9-6-10-19-34/h5-30H,1-4H3. The Kier molecular flexibility index (Phi) is 7.54. The van der Waals surface area contributed by atoms with E-state index in [1.807, 2.05) is 41.7 Å². The molecule has 0 atom stereocenters. The van der Waals surface area contributed by atoms with Crippen molar-refractivity contribution in [2.45, 2.75) is 38.8 Å². The predicted molar refractivity (Wildman–Crippen MR) is 249 cm³/mol. The molecule has 0 radical (unpaired) electrons. The minimum atomic E-state index is -0.568. The van der Waals surface area contributed by atoms with Crippen LogP contribution >= 0.6 is 11.3 Å². The van der Waals surface area contributed by atoms with Gasteiger partial charge < -0.3 is 9.13 Å². The molecule has 1 aliphatic heterocycles. The first-order chi connectivity index (χ1) is 29.7. The van der Waals surface area contributed by atoms with Crippen molar-refractivity contribution in [3.63, 3.8) is 0 Å². The molecule has 0 saturated heterocycles. The monoisotopic (exact) mass is 811 g/mol. The zero-order valence-corrected chi connectivity index (χ0v) is 34.7. The molecule has 12 rings (SSSR count). The Hall–Kier alpha value is -7.23. The summed E-state index contributed by atoms with van der Waals surface area (Å²) < 4.78 is 21.4. The molecule has 61 heavy (non-hydrogen) atoms. The third-order valence-electron chi connectivity index (χ3n) is 13.0. The molecule has 4 aromatic heterocycles. The number of halogens is 1. The molecule has 0 spiro atoms. The van der Waals surface area contributed by atoms with E-state index >= 15 is 0 Å². The van der Waals surface area contributed by atoms with E-state index in [2.05, 4.69) is 145 Å². The number of hydrogen-bond donors (Lipinski definition) is 0. The van der Waals surface area contributed by atoms with Crippen LogP contribution in [0.5, 0.6) is 0 Å². The summed E-state index contributed by atoms with van der Waals surface area (Å²) >= 11 is 1.82. The zero-order chi connectivity index (χ0) is 41.2. The number of imidazole rings is 1. The van der Waals surface area contributed by atoms with Gasteiger partial charge in [-0.3, -0.25) is 4.90 Å². The molecule has 294 valence electrons. The van der Waals surface area contributed by atoms with Crippen LogP contribution in [0.1, 0.15) is 27.7 Å². The van der Waals surface area contributed by atoms with Gasteiger partial charge in [-0.05, 0) is 93.9 Å². The fraction of sp³-hybridized carbons (Fsp3) is 0.115. The van der Waals surface area contributed by atoms with Crippen molar-refractivity contribution >= 4 is 76.2 Å². The molecule has 0 amide bonds. The van der Waals surface area contributed by atoms with Gasteiger partial charge in [-0.2, -0.15) is 9.97 Å². The van der Waals surface area contributed by atoms with E-state index < -0.39 is 11.1 Å². The number of thiophene rings is 1. The topological polar surface area (TPSA) is 64.7 Å². The van der Waals surface area contributed by atoms with Crippen LogP contribution in [-0.2, 0) is 5.54 Å². The molecule has 7 nitrogen and oxygen atoms in total. The van der Waals surface area contributed by atoms with Gasteiger partial charge in [0.05, 0.1) is 32.3 Å². The molecule has 0 saturated carbocycles. The lowest BCUT2D eigenvalue weighted by Crippen LogP contribution is -2.51. The van der Waals surface area contributed by atoms with Crippen LogP contribution < -0.4 is 4.90 Å². The first-order valence-electron chi connectivity index (χ1n) is 20.5. The lowest BCUT2D eigenvalue weighted by atomic mass is 9.82. The second-order valence-electron chi connectivity index (χ2n) is 16.8. The van der Waals surface area contributed by atoms with E-state index in [9.17, 15) is 4.39 Å². The van der Waals surface area contributed by atoms with Gasteiger partial charge in [0.15, 0.2) is 11.6 Å². The quantitative estimate of drug-likeness (QED) is 0.173. The van der Waals surface area contributed by atoms with E-state index in [4.69, 9.17) is 19.9 Å². The second-order valence-corrected chi connectivity index (χ2v) is 17.9. The SMILES string of the molecule is CC1(C)N(c2nc(-c3ccccc3)nc(-c3ccc(F)cc3)n2)c2nc3c(-c4cccc5c4c4ccccc4n5-c4ccccc4)cc4c5ccccc5sc4c3n2C1(C)C. The number of anilines is 2. The number of para-hydroxylation sites is 2. The molecule has 0 aliphatic carbocycles. The molecular formula is C52H38FN7S. The average Bonchev–Trinajstić information content (AvgIpc) is 4.00. The van der Waals surface area contributed by atoms with Crippen molar-refractivity contribution in [1.82, 2.24) is 29.1 Å². The second kappa shape index (κ2) is 12.9. The fourth-order valence-corrected chi connectivity index (χ4v) is 10.7. The Morgan fingerprint density at radius 2 is 1.18 bits per heavy atom. The summed E-state index contributed by atoms with van der Waals surface area (Å²) in [5.74, 6) is 1.90. The van der Waals surface area contributed by atoms with Gasteiger partial charge in [0.1, 0.15) is 11.3 Å². The third-order valence-corrected chi connectivity index (χ3v) is 14.2. The number of hydrogen-bond acceptors (Lipinski definition) is 6. The van der Waals surface area contributed by atoms with Crippen molar-refractivity contribution in [2.24, 2.45) is 0 Å². The van der Waals surface area contributed by atoms with Crippen molar-refractivity contribution in [3.05, 3.63) is 164 Å².